The lowest BCUT2D eigenvalue weighted by molar-refractivity contribution is -0.386. The van der Waals surface area contributed by atoms with Crippen LogP contribution in [0.3, 0.4) is 0 Å². The fourth-order valence-electron chi connectivity index (χ4n) is 6.74. The van der Waals surface area contributed by atoms with E-state index in [1.54, 1.807) is 0 Å². The number of nitro benzene ring substituents is 2. The van der Waals surface area contributed by atoms with Gasteiger partial charge < -0.3 is 24.4 Å². The largest absolute Gasteiger partial charge is 0.459 e. The number of primary amides is 1. The predicted molar refractivity (Wildman–Crippen MR) is 190 cm³/mol. The van der Waals surface area contributed by atoms with Crippen molar-refractivity contribution in [3.63, 3.8) is 0 Å². The van der Waals surface area contributed by atoms with Crippen molar-refractivity contribution in [2.45, 2.75) is 9.79 Å². The Morgan fingerprint density at radius 1 is 0.679 bits per heavy atom. The van der Waals surface area contributed by atoms with E-state index < -0.39 is 85.7 Å². The van der Waals surface area contributed by atoms with Crippen LogP contribution in [-0.2, 0) is 20.0 Å². The van der Waals surface area contributed by atoms with Crippen molar-refractivity contribution >= 4 is 55.0 Å². The summed E-state index contributed by atoms with van der Waals surface area (Å²) in [5.41, 5.74) is 3.33. The summed E-state index contributed by atoms with van der Waals surface area (Å²) in [4.78, 5) is 62.1. The summed E-state index contributed by atoms with van der Waals surface area (Å²) in [6.45, 7) is -1.03. The van der Waals surface area contributed by atoms with Crippen LogP contribution < -0.4 is 11.2 Å². The molecule has 292 valence electrons. The third kappa shape index (κ3) is 6.63. The number of nitro groups is 2. The number of sulfonamides is 2. The van der Waals surface area contributed by atoms with Crippen LogP contribution >= 0.6 is 0 Å². The number of nitrogens with two attached hydrogens (primary N) is 1. The molecule has 3 aliphatic rings. The van der Waals surface area contributed by atoms with Gasteiger partial charge in [-0.25, -0.2) is 27.1 Å². The van der Waals surface area contributed by atoms with E-state index in [1.807, 2.05) is 5.43 Å². The van der Waals surface area contributed by atoms with Crippen molar-refractivity contribution in [3.05, 3.63) is 104 Å². The number of amides is 4. The van der Waals surface area contributed by atoms with Crippen LogP contribution in [0.5, 0.6) is 0 Å². The highest BCUT2D eigenvalue weighted by molar-refractivity contribution is 7.89. The highest BCUT2D eigenvalue weighted by Crippen LogP contribution is 2.49. The highest BCUT2D eigenvalue weighted by Gasteiger charge is 2.43. The number of hydrogen-bond acceptors (Lipinski definition) is 14. The van der Waals surface area contributed by atoms with Gasteiger partial charge in [0.25, 0.3) is 23.2 Å². The summed E-state index contributed by atoms with van der Waals surface area (Å²) in [7, 11) is -9.10. The molecule has 56 heavy (non-hydrogen) atoms. The number of nitrogens with zero attached hydrogens (tertiary/aromatic N) is 7. The molecule has 2 aromatic heterocycles. The first-order chi connectivity index (χ1) is 26.6. The van der Waals surface area contributed by atoms with Crippen LogP contribution in [0.15, 0.2) is 84.8 Å². The lowest BCUT2D eigenvalue weighted by Crippen LogP contribution is -2.50. The smallest absolute Gasteiger partial charge is 0.332 e. The zero-order valence-corrected chi connectivity index (χ0v) is 30.4. The minimum Gasteiger partial charge on any atom is -0.459 e. The second kappa shape index (κ2) is 14.3. The quantitative estimate of drug-likeness (QED) is 0.157. The van der Waals surface area contributed by atoms with Crippen LogP contribution in [0.2, 0.25) is 0 Å². The minimum atomic E-state index is -4.55. The van der Waals surface area contributed by atoms with Crippen LogP contribution in [0.25, 0.3) is 11.1 Å². The number of piperazine rings is 2. The van der Waals surface area contributed by atoms with Crippen LogP contribution in [0.4, 0.5) is 16.2 Å². The number of carbonyl (C=O) groups is 3. The molecule has 2 saturated heterocycles. The standard InChI is InChI=1S/C32H29N9O13S2/c33-32(44)35-34-29-21-15-19(55(49,50)38-9-5-36(6-10-38)30(42)25-3-1-13-53-25)17-23(40(45)46)27(21)28-22(29)16-20(18-24(28)41(47)48)56(51,52)39-11-7-37(8-12-39)31(43)26-4-2-14-54-26/h1-4,13-18H,5-12H2,(H3,33,35,44). The van der Waals surface area contributed by atoms with Crippen molar-refractivity contribution in [1.29, 1.82) is 0 Å². The first-order valence-corrected chi connectivity index (χ1v) is 19.4. The van der Waals surface area contributed by atoms with E-state index in [2.05, 4.69) is 5.10 Å². The molecule has 2 fully saturated rings. The third-order valence-electron chi connectivity index (χ3n) is 9.40. The molecule has 2 aromatic carbocycles. The van der Waals surface area contributed by atoms with Crippen molar-refractivity contribution in [2.24, 2.45) is 10.8 Å². The van der Waals surface area contributed by atoms with Crippen LogP contribution in [0.1, 0.15) is 32.2 Å². The van der Waals surface area contributed by atoms with Crippen LogP contribution in [-0.4, -0.2) is 121 Å². The molecule has 0 spiro atoms. The molecule has 2 aliphatic heterocycles. The van der Waals surface area contributed by atoms with Gasteiger partial charge in [-0.1, -0.05) is 0 Å². The Morgan fingerprint density at radius 2 is 1.07 bits per heavy atom. The molecular formula is C32H29N9O13S2. The molecule has 1 aliphatic carbocycles. The number of hydrazone groups is 1. The highest BCUT2D eigenvalue weighted by atomic mass is 32.2. The Balaban J connectivity index is 1.27. The molecule has 4 aromatic rings. The van der Waals surface area contributed by atoms with Gasteiger partial charge in [-0.05, 0) is 36.4 Å². The van der Waals surface area contributed by atoms with Crippen LogP contribution in [0, 0.1) is 20.2 Å². The molecule has 0 bridgehead atoms. The minimum absolute atomic E-state index is 0.0503. The lowest BCUT2D eigenvalue weighted by atomic mass is 10.0. The number of rotatable bonds is 9. The molecule has 7 rings (SSSR count). The van der Waals surface area contributed by atoms with Gasteiger partial charge in [0, 0.05) is 75.6 Å². The summed E-state index contributed by atoms with van der Waals surface area (Å²) >= 11 is 0. The van der Waals surface area contributed by atoms with Gasteiger partial charge in [0.2, 0.25) is 20.0 Å². The SMILES string of the molecule is NC(=O)NN=C1c2cc(S(=O)(=O)N3CCN(C(=O)c4ccco4)CC3)cc([N+](=O)[O-])c2-c2c1cc(S(=O)(=O)N1CCN(C(=O)c3ccco3)CC1)cc2[N+](=O)[O-]. The normalized spacial score (nSPS) is 16.2. The summed E-state index contributed by atoms with van der Waals surface area (Å²) in [5.74, 6) is -0.828. The Kier molecular flexibility index (Phi) is 9.65. The van der Waals surface area contributed by atoms with E-state index in [1.165, 1.54) is 46.6 Å². The molecule has 3 N–H and O–H groups in total. The number of fused-ring (bicyclic) bond motifs is 3. The number of hydrogen-bond donors (Lipinski definition) is 2. The summed E-state index contributed by atoms with van der Waals surface area (Å²) < 4.78 is 68.3. The van der Waals surface area contributed by atoms with Gasteiger partial charge in [-0.2, -0.15) is 13.7 Å². The Labute approximate surface area is 316 Å². The number of benzene rings is 2. The van der Waals surface area contributed by atoms with E-state index in [9.17, 15) is 51.4 Å². The van der Waals surface area contributed by atoms with Gasteiger partial charge in [0.15, 0.2) is 11.5 Å². The number of carbonyl (C=O) groups excluding carboxylic acids is 3. The van der Waals surface area contributed by atoms with Crippen molar-refractivity contribution in [2.75, 3.05) is 52.4 Å². The molecule has 0 radical (unpaired) electrons. The second-order valence-electron chi connectivity index (χ2n) is 12.5. The Bertz CT molecular complexity index is 2380. The van der Waals surface area contributed by atoms with Gasteiger partial charge in [0.05, 0.1) is 49.0 Å². The zero-order chi connectivity index (χ0) is 40.1. The molecule has 24 heteroatoms. The molecule has 4 heterocycles. The van der Waals surface area contributed by atoms with Crippen molar-refractivity contribution < 1.29 is 49.9 Å². The maximum atomic E-state index is 14.0. The number of furan rings is 2. The molecule has 0 atom stereocenters. The predicted octanol–water partition coefficient (Wildman–Crippen LogP) is 1.38. The number of urea groups is 1. The lowest BCUT2D eigenvalue weighted by Gasteiger charge is -2.33. The topological polar surface area (TPSA) is 295 Å². The summed E-state index contributed by atoms with van der Waals surface area (Å²) in [6, 6.07) is 8.13. The first-order valence-electron chi connectivity index (χ1n) is 16.5. The third-order valence-corrected chi connectivity index (χ3v) is 13.2. The summed E-state index contributed by atoms with van der Waals surface area (Å²) in [5, 5.41) is 29.1. The van der Waals surface area contributed by atoms with Gasteiger partial charge in [0.1, 0.15) is 0 Å². The number of nitrogens with one attached hydrogen (secondary N) is 1. The molecular weight excluding hydrogens is 783 g/mol. The van der Waals surface area contributed by atoms with E-state index in [4.69, 9.17) is 14.6 Å². The molecule has 4 amide bonds. The van der Waals surface area contributed by atoms with E-state index in [0.29, 0.717) is 0 Å². The van der Waals surface area contributed by atoms with Crippen molar-refractivity contribution in [1.82, 2.24) is 23.8 Å². The van der Waals surface area contributed by atoms with Gasteiger partial charge in [-0.15, -0.1) is 0 Å². The molecule has 0 saturated carbocycles. The second-order valence-corrected chi connectivity index (χ2v) is 16.4. The fourth-order valence-corrected chi connectivity index (χ4v) is 9.68. The zero-order valence-electron chi connectivity index (χ0n) is 28.8. The maximum Gasteiger partial charge on any atom is 0.332 e. The van der Waals surface area contributed by atoms with Crippen molar-refractivity contribution in [3.8, 4) is 11.1 Å². The van der Waals surface area contributed by atoms with Gasteiger partial charge >= 0.3 is 6.03 Å². The average molecular weight is 812 g/mol. The van der Waals surface area contributed by atoms with E-state index in [-0.39, 0.29) is 75.0 Å². The van der Waals surface area contributed by atoms with E-state index in [0.717, 1.165) is 32.9 Å². The average Bonchev–Trinajstić information content (AvgIpc) is 3.97. The molecule has 22 nitrogen and oxygen atoms in total. The monoisotopic (exact) mass is 811 g/mol. The molecule has 0 unspecified atom stereocenters. The fraction of sp³-hybridized carbons (Fsp3) is 0.250. The first kappa shape index (κ1) is 37.8. The summed E-state index contributed by atoms with van der Waals surface area (Å²) in [6.07, 6.45) is 2.63. The van der Waals surface area contributed by atoms with E-state index >= 15 is 0 Å². The Morgan fingerprint density at radius 3 is 1.39 bits per heavy atom. The van der Waals surface area contributed by atoms with Gasteiger partial charge in [-0.3, -0.25) is 29.8 Å². The maximum absolute atomic E-state index is 14.0. The Hall–Kier alpha value is -6.50.